The Morgan fingerprint density at radius 3 is 2.83 bits per heavy atom. The van der Waals surface area contributed by atoms with Gasteiger partial charge in [0, 0.05) is 22.8 Å². The number of nitrogens with zero attached hydrogens (tertiary/aromatic N) is 2. The number of hydrogen-bond donors (Lipinski definition) is 1. The average molecular weight is 425 g/mol. The number of thiophene rings is 1. The number of ether oxygens (including phenoxy) is 1. The van der Waals surface area contributed by atoms with Gasteiger partial charge < -0.3 is 10.1 Å². The van der Waals surface area contributed by atoms with Gasteiger partial charge in [-0.3, -0.25) is 14.0 Å². The molecular formula is C20H15N3O4S2. The van der Waals surface area contributed by atoms with Crippen LogP contribution in [0.1, 0.15) is 31.4 Å². The lowest BCUT2D eigenvalue weighted by Crippen LogP contribution is -2.16. The number of thiazole rings is 1. The monoisotopic (exact) mass is 425 g/mol. The fourth-order valence-electron chi connectivity index (χ4n) is 2.72. The standard InChI is InChI=1S/C20H15N3O4S2/c1-12-11-29-20-22-15(9-17(24)23(12)20)10-27-19(26)13-4-2-5-14(8-13)21-18(25)16-6-3-7-28-16/h2-9,11H,10H2,1H3,(H,21,25). The maximum absolute atomic E-state index is 12.4. The highest BCUT2D eigenvalue weighted by molar-refractivity contribution is 7.15. The van der Waals surface area contributed by atoms with Gasteiger partial charge in [-0.2, -0.15) is 0 Å². The predicted octanol–water partition coefficient (Wildman–Crippen LogP) is 3.74. The van der Waals surface area contributed by atoms with Gasteiger partial charge in [-0.05, 0) is 36.6 Å². The summed E-state index contributed by atoms with van der Waals surface area (Å²) in [7, 11) is 0. The number of aromatic nitrogens is 2. The Kier molecular flexibility index (Phi) is 5.24. The molecule has 3 heterocycles. The molecule has 9 heteroatoms. The maximum atomic E-state index is 12.4. The van der Waals surface area contributed by atoms with E-state index in [9.17, 15) is 14.4 Å². The SMILES string of the molecule is Cc1csc2nc(COC(=O)c3cccc(NC(=O)c4cccs4)c3)cc(=O)n12. The van der Waals surface area contributed by atoms with Crippen molar-refractivity contribution in [2.45, 2.75) is 13.5 Å². The third-order valence-corrected chi connectivity index (χ3v) is 5.89. The molecule has 0 saturated heterocycles. The fourth-order valence-corrected chi connectivity index (χ4v) is 4.23. The van der Waals surface area contributed by atoms with Crippen LogP contribution in [0.25, 0.3) is 4.96 Å². The van der Waals surface area contributed by atoms with Gasteiger partial charge >= 0.3 is 5.97 Å². The summed E-state index contributed by atoms with van der Waals surface area (Å²) in [6.45, 7) is 1.71. The van der Waals surface area contributed by atoms with Gasteiger partial charge in [0.15, 0.2) is 4.96 Å². The van der Waals surface area contributed by atoms with Gasteiger partial charge in [-0.25, -0.2) is 9.78 Å². The van der Waals surface area contributed by atoms with Crippen LogP contribution in [0.5, 0.6) is 0 Å². The van der Waals surface area contributed by atoms with E-state index in [1.165, 1.54) is 33.1 Å². The Hall–Kier alpha value is -3.30. The van der Waals surface area contributed by atoms with Crippen molar-refractivity contribution in [2.24, 2.45) is 0 Å². The molecular weight excluding hydrogens is 410 g/mol. The minimum Gasteiger partial charge on any atom is -0.456 e. The zero-order chi connectivity index (χ0) is 20.4. The molecule has 4 aromatic rings. The summed E-state index contributed by atoms with van der Waals surface area (Å²) in [4.78, 5) is 42.2. The first-order chi connectivity index (χ1) is 14.0. The molecule has 1 amide bonds. The second kappa shape index (κ2) is 7.98. The van der Waals surface area contributed by atoms with Gasteiger partial charge in [-0.15, -0.1) is 22.7 Å². The first-order valence-electron chi connectivity index (χ1n) is 8.60. The van der Waals surface area contributed by atoms with E-state index in [0.29, 0.717) is 26.8 Å². The van der Waals surface area contributed by atoms with Gasteiger partial charge in [0.2, 0.25) is 0 Å². The molecule has 7 nitrogen and oxygen atoms in total. The lowest BCUT2D eigenvalue weighted by molar-refractivity contribution is 0.0467. The van der Waals surface area contributed by atoms with Crippen molar-refractivity contribution in [3.63, 3.8) is 0 Å². The molecule has 0 spiro atoms. The van der Waals surface area contributed by atoms with Crippen LogP contribution in [0.4, 0.5) is 5.69 Å². The molecule has 146 valence electrons. The van der Waals surface area contributed by atoms with Gasteiger partial charge in [0.25, 0.3) is 11.5 Å². The highest BCUT2D eigenvalue weighted by Crippen LogP contribution is 2.16. The van der Waals surface area contributed by atoms with Crippen molar-refractivity contribution in [1.82, 2.24) is 9.38 Å². The number of rotatable bonds is 5. The van der Waals surface area contributed by atoms with E-state index in [2.05, 4.69) is 10.3 Å². The van der Waals surface area contributed by atoms with Crippen molar-refractivity contribution in [2.75, 3.05) is 5.32 Å². The minimum absolute atomic E-state index is 0.118. The normalized spacial score (nSPS) is 10.8. The Bertz CT molecular complexity index is 1260. The van der Waals surface area contributed by atoms with E-state index in [-0.39, 0.29) is 18.1 Å². The van der Waals surface area contributed by atoms with Crippen LogP contribution in [0.3, 0.4) is 0 Å². The van der Waals surface area contributed by atoms with Crippen LogP contribution in [-0.2, 0) is 11.3 Å². The number of anilines is 1. The molecule has 0 unspecified atom stereocenters. The van der Waals surface area contributed by atoms with Crippen molar-refractivity contribution in [1.29, 1.82) is 0 Å². The first-order valence-corrected chi connectivity index (χ1v) is 10.4. The van der Waals surface area contributed by atoms with Crippen LogP contribution >= 0.6 is 22.7 Å². The second-order valence-corrected chi connectivity index (χ2v) is 7.95. The molecule has 1 aromatic carbocycles. The number of amides is 1. The number of aryl methyl sites for hydroxylation is 1. The highest BCUT2D eigenvalue weighted by atomic mass is 32.1. The number of hydrogen-bond acceptors (Lipinski definition) is 7. The molecule has 1 N–H and O–H groups in total. The average Bonchev–Trinajstić information content (AvgIpc) is 3.37. The lowest BCUT2D eigenvalue weighted by atomic mass is 10.2. The summed E-state index contributed by atoms with van der Waals surface area (Å²) in [5.41, 5.74) is 1.77. The van der Waals surface area contributed by atoms with Crippen LogP contribution in [-0.4, -0.2) is 21.3 Å². The molecule has 0 atom stereocenters. The zero-order valence-electron chi connectivity index (χ0n) is 15.2. The van der Waals surface area contributed by atoms with Crippen LogP contribution in [0.15, 0.2) is 58.0 Å². The van der Waals surface area contributed by atoms with Crippen molar-refractivity contribution >= 4 is 45.2 Å². The molecule has 0 fully saturated rings. The topological polar surface area (TPSA) is 89.8 Å². The molecule has 0 aliphatic carbocycles. The summed E-state index contributed by atoms with van der Waals surface area (Å²) < 4.78 is 6.81. The number of carbonyl (C=O) groups is 2. The summed E-state index contributed by atoms with van der Waals surface area (Å²) >= 11 is 2.68. The third-order valence-electron chi connectivity index (χ3n) is 4.08. The molecule has 0 aliphatic heterocycles. The molecule has 3 aromatic heterocycles. The molecule has 29 heavy (non-hydrogen) atoms. The van der Waals surface area contributed by atoms with E-state index in [1.54, 1.807) is 36.4 Å². The smallest absolute Gasteiger partial charge is 0.338 e. The quantitative estimate of drug-likeness (QED) is 0.492. The van der Waals surface area contributed by atoms with Crippen LogP contribution in [0.2, 0.25) is 0 Å². The van der Waals surface area contributed by atoms with E-state index in [0.717, 1.165) is 5.69 Å². The maximum Gasteiger partial charge on any atom is 0.338 e. The van der Waals surface area contributed by atoms with Crippen molar-refractivity contribution < 1.29 is 14.3 Å². The van der Waals surface area contributed by atoms with Crippen LogP contribution in [0, 0.1) is 6.92 Å². The summed E-state index contributed by atoms with van der Waals surface area (Å²) in [5.74, 6) is -0.809. The minimum atomic E-state index is -0.568. The van der Waals surface area contributed by atoms with E-state index < -0.39 is 5.97 Å². The zero-order valence-corrected chi connectivity index (χ0v) is 16.9. The van der Waals surface area contributed by atoms with Crippen LogP contribution < -0.4 is 10.9 Å². The van der Waals surface area contributed by atoms with E-state index in [4.69, 9.17) is 4.74 Å². The summed E-state index contributed by atoms with van der Waals surface area (Å²) in [5, 5.41) is 6.41. The van der Waals surface area contributed by atoms with Crippen molar-refractivity contribution in [3.05, 3.63) is 85.4 Å². The molecule has 0 saturated carbocycles. The molecule has 0 aliphatic rings. The number of esters is 1. The number of carbonyl (C=O) groups excluding carboxylic acids is 2. The fraction of sp³-hybridized carbons (Fsp3) is 0.100. The van der Waals surface area contributed by atoms with Gasteiger partial charge in [0.1, 0.15) is 6.61 Å². The predicted molar refractivity (Wildman–Crippen MR) is 112 cm³/mol. The summed E-state index contributed by atoms with van der Waals surface area (Å²) in [6.07, 6.45) is 0. The van der Waals surface area contributed by atoms with Gasteiger partial charge in [-0.1, -0.05) is 12.1 Å². The number of nitrogens with one attached hydrogen (secondary N) is 1. The Balaban J connectivity index is 1.45. The lowest BCUT2D eigenvalue weighted by Gasteiger charge is -2.07. The Morgan fingerprint density at radius 2 is 2.03 bits per heavy atom. The van der Waals surface area contributed by atoms with Gasteiger partial charge in [0.05, 0.1) is 16.1 Å². The Morgan fingerprint density at radius 1 is 1.17 bits per heavy atom. The molecule has 0 bridgehead atoms. The second-order valence-electron chi connectivity index (χ2n) is 6.17. The van der Waals surface area contributed by atoms with E-state index >= 15 is 0 Å². The largest absolute Gasteiger partial charge is 0.456 e. The summed E-state index contributed by atoms with van der Waals surface area (Å²) in [6, 6.07) is 11.4. The number of fused-ring (bicyclic) bond motifs is 1. The first kappa shape index (κ1) is 19.0. The Labute approximate surface area is 173 Å². The molecule has 4 rings (SSSR count). The highest BCUT2D eigenvalue weighted by Gasteiger charge is 2.13. The van der Waals surface area contributed by atoms with E-state index in [1.807, 2.05) is 17.7 Å². The van der Waals surface area contributed by atoms with Crippen molar-refractivity contribution in [3.8, 4) is 0 Å². The molecule has 0 radical (unpaired) electrons. The number of benzene rings is 1. The third kappa shape index (κ3) is 4.10.